The molecular formula is C18H18ClN3O2. The number of benzene rings is 2. The van der Waals surface area contributed by atoms with Crippen molar-refractivity contribution < 1.29 is 9.59 Å². The number of amides is 2. The molecule has 1 saturated carbocycles. The molecule has 0 aromatic heterocycles. The van der Waals surface area contributed by atoms with Gasteiger partial charge in [-0.1, -0.05) is 23.7 Å². The smallest absolute Gasteiger partial charge is 0.253 e. The van der Waals surface area contributed by atoms with Crippen molar-refractivity contribution in [2.45, 2.75) is 18.9 Å². The molecule has 6 heteroatoms. The van der Waals surface area contributed by atoms with Crippen LogP contribution in [0, 0.1) is 0 Å². The first-order chi connectivity index (χ1) is 11.6. The molecule has 0 aliphatic heterocycles. The number of carbonyl (C=O) groups excluding carboxylic acids is 2. The van der Waals surface area contributed by atoms with Gasteiger partial charge in [0.05, 0.1) is 17.8 Å². The molecule has 24 heavy (non-hydrogen) atoms. The SMILES string of the molecule is O=C(CNc1ccc(Cl)cc1)Nc1ccccc1C(=O)NC1CC1. The van der Waals surface area contributed by atoms with Crippen LogP contribution in [0.25, 0.3) is 0 Å². The molecule has 2 aromatic carbocycles. The number of rotatable bonds is 6. The highest BCUT2D eigenvalue weighted by Gasteiger charge is 2.24. The molecule has 5 nitrogen and oxygen atoms in total. The first-order valence-corrected chi connectivity index (χ1v) is 8.19. The van der Waals surface area contributed by atoms with E-state index < -0.39 is 0 Å². The third-order valence-corrected chi connectivity index (χ3v) is 3.91. The molecule has 1 aliphatic rings. The normalized spacial score (nSPS) is 13.2. The summed E-state index contributed by atoms with van der Waals surface area (Å²) < 4.78 is 0. The highest BCUT2D eigenvalue weighted by molar-refractivity contribution is 6.30. The van der Waals surface area contributed by atoms with E-state index in [0.717, 1.165) is 18.5 Å². The van der Waals surface area contributed by atoms with Crippen LogP contribution in [0.3, 0.4) is 0 Å². The highest BCUT2D eigenvalue weighted by atomic mass is 35.5. The Bertz CT molecular complexity index is 742. The Hall–Kier alpha value is -2.53. The van der Waals surface area contributed by atoms with Gasteiger partial charge in [-0.2, -0.15) is 0 Å². The van der Waals surface area contributed by atoms with Gasteiger partial charge < -0.3 is 16.0 Å². The molecule has 124 valence electrons. The summed E-state index contributed by atoms with van der Waals surface area (Å²) in [6.07, 6.45) is 2.04. The van der Waals surface area contributed by atoms with Crippen LogP contribution in [-0.2, 0) is 4.79 Å². The summed E-state index contributed by atoms with van der Waals surface area (Å²) in [7, 11) is 0. The zero-order valence-corrected chi connectivity index (χ0v) is 13.8. The van der Waals surface area contributed by atoms with Crippen LogP contribution < -0.4 is 16.0 Å². The molecule has 3 rings (SSSR count). The summed E-state index contributed by atoms with van der Waals surface area (Å²) in [4.78, 5) is 24.3. The van der Waals surface area contributed by atoms with Crippen molar-refractivity contribution >= 4 is 34.8 Å². The molecule has 0 bridgehead atoms. The van der Waals surface area contributed by atoms with Crippen molar-refractivity contribution in [3.05, 3.63) is 59.1 Å². The van der Waals surface area contributed by atoms with Gasteiger partial charge in [0, 0.05) is 16.8 Å². The van der Waals surface area contributed by atoms with E-state index in [0.29, 0.717) is 16.3 Å². The second kappa shape index (κ2) is 7.36. The summed E-state index contributed by atoms with van der Waals surface area (Å²) in [5, 5.41) is 9.36. The van der Waals surface area contributed by atoms with Crippen molar-refractivity contribution in [3.63, 3.8) is 0 Å². The molecule has 1 aliphatic carbocycles. The number of carbonyl (C=O) groups is 2. The summed E-state index contributed by atoms with van der Waals surface area (Å²) >= 11 is 5.82. The summed E-state index contributed by atoms with van der Waals surface area (Å²) in [6, 6.07) is 14.4. The van der Waals surface area contributed by atoms with Gasteiger partial charge in [-0.15, -0.1) is 0 Å². The highest BCUT2D eigenvalue weighted by Crippen LogP contribution is 2.21. The van der Waals surface area contributed by atoms with E-state index >= 15 is 0 Å². The van der Waals surface area contributed by atoms with Crippen LogP contribution in [0.4, 0.5) is 11.4 Å². The van der Waals surface area contributed by atoms with Crippen molar-refractivity contribution in [2.24, 2.45) is 0 Å². The van der Waals surface area contributed by atoms with Gasteiger partial charge in [-0.05, 0) is 49.2 Å². The van der Waals surface area contributed by atoms with E-state index in [1.807, 2.05) is 0 Å². The van der Waals surface area contributed by atoms with Gasteiger partial charge in [-0.3, -0.25) is 9.59 Å². The largest absolute Gasteiger partial charge is 0.376 e. The van der Waals surface area contributed by atoms with Gasteiger partial charge in [0.15, 0.2) is 0 Å². The van der Waals surface area contributed by atoms with Crippen molar-refractivity contribution in [1.29, 1.82) is 0 Å². The Morgan fingerprint density at radius 2 is 1.75 bits per heavy atom. The zero-order chi connectivity index (χ0) is 16.9. The maximum atomic E-state index is 12.2. The monoisotopic (exact) mass is 343 g/mol. The number of anilines is 2. The molecule has 0 radical (unpaired) electrons. The van der Waals surface area contributed by atoms with Gasteiger partial charge in [0.1, 0.15) is 0 Å². The average molecular weight is 344 g/mol. The Morgan fingerprint density at radius 3 is 2.46 bits per heavy atom. The fraction of sp³-hybridized carbons (Fsp3) is 0.222. The predicted octanol–water partition coefficient (Wildman–Crippen LogP) is 3.28. The van der Waals surface area contributed by atoms with E-state index in [2.05, 4.69) is 16.0 Å². The standard InChI is InChI=1S/C18H18ClN3O2/c19-12-5-7-13(8-6-12)20-11-17(23)22-16-4-2-1-3-15(16)18(24)21-14-9-10-14/h1-8,14,20H,9-11H2,(H,21,24)(H,22,23). The van der Waals surface area contributed by atoms with Gasteiger partial charge in [-0.25, -0.2) is 0 Å². The van der Waals surface area contributed by atoms with Crippen LogP contribution in [0.1, 0.15) is 23.2 Å². The molecule has 3 N–H and O–H groups in total. The molecule has 0 atom stereocenters. The minimum atomic E-state index is -0.225. The van der Waals surface area contributed by atoms with Gasteiger partial charge >= 0.3 is 0 Å². The fourth-order valence-electron chi connectivity index (χ4n) is 2.23. The molecular weight excluding hydrogens is 326 g/mol. The fourth-order valence-corrected chi connectivity index (χ4v) is 2.35. The van der Waals surface area contributed by atoms with Crippen LogP contribution in [0.15, 0.2) is 48.5 Å². The quantitative estimate of drug-likeness (QED) is 0.753. The number of para-hydroxylation sites is 1. The lowest BCUT2D eigenvalue weighted by atomic mass is 10.1. The Labute approximate surface area is 145 Å². The number of hydrogen-bond acceptors (Lipinski definition) is 3. The van der Waals surface area contributed by atoms with Crippen LogP contribution in [0.2, 0.25) is 5.02 Å². The number of nitrogens with one attached hydrogen (secondary N) is 3. The Kier molecular flexibility index (Phi) is 5.01. The van der Waals surface area contributed by atoms with Crippen molar-refractivity contribution in [1.82, 2.24) is 5.32 Å². The van der Waals surface area contributed by atoms with E-state index in [9.17, 15) is 9.59 Å². The molecule has 2 aromatic rings. The topological polar surface area (TPSA) is 70.2 Å². The van der Waals surface area contributed by atoms with E-state index in [-0.39, 0.29) is 24.4 Å². The average Bonchev–Trinajstić information content (AvgIpc) is 3.39. The summed E-state index contributed by atoms with van der Waals surface area (Å²) in [5.74, 6) is -0.379. The lowest BCUT2D eigenvalue weighted by molar-refractivity contribution is -0.114. The van der Waals surface area contributed by atoms with Crippen molar-refractivity contribution in [2.75, 3.05) is 17.2 Å². The lowest BCUT2D eigenvalue weighted by Crippen LogP contribution is -2.28. The van der Waals surface area contributed by atoms with E-state index in [4.69, 9.17) is 11.6 Å². The predicted molar refractivity (Wildman–Crippen MR) is 95.5 cm³/mol. The Balaban J connectivity index is 1.59. The maximum absolute atomic E-state index is 12.2. The minimum Gasteiger partial charge on any atom is -0.376 e. The first kappa shape index (κ1) is 16.3. The summed E-state index contributed by atoms with van der Waals surface area (Å²) in [6.45, 7) is 0.0974. The lowest BCUT2D eigenvalue weighted by Gasteiger charge is -2.12. The van der Waals surface area contributed by atoms with Gasteiger partial charge in [0.25, 0.3) is 5.91 Å². The number of halogens is 1. The minimum absolute atomic E-state index is 0.0974. The molecule has 1 fully saturated rings. The molecule has 0 spiro atoms. The third kappa shape index (κ3) is 4.49. The number of hydrogen-bond donors (Lipinski definition) is 3. The maximum Gasteiger partial charge on any atom is 0.253 e. The summed E-state index contributed by atoms with van der Waals surface area (Å²) in [5.41, 5.74) is 1.79. The van der Waals surface area contributed by atoms with Crippen molar-refractivity contribution in [3.8, 4) is 0 Å². The molecule has 0 saturated heterocycles. The third-order valence-electron chi connectivity index (χ3n) is 3.66. The van der Waals surface area contributed by atoms with E-state index in [1.165, 1.54) is 0 Å². The van der Waals surface area contributed by atoms with Crippen LogP contribution in [-0.4, -0.2) is 24.4 Å². The molecule has 0 heterocycles. The Morgan fingerprint density at radius 1 is 1.04 bits per heavy atom. The second-order valence-corrected chi connectivity index (χ2v) is 6.14. The van der Waals surface area contributed by atoms with Crippen LogP contribution in [0.5, 0.6) is 0 Å². The molecule has 0 unspecified atom stereocenters. The first-order valence-electron chi connectivity index (χ1n) is 7.81. The zero-order valence-electron chi connectivity index (χ0n) is 13.0. The second-order valence-electron chi connectivity index (χ2n) is 5.70. The van der Waals surface area contributed by atoms with Crippen LogP contribution >= 0.6 is 11.6 Å². The van der Waals surface area contributed by atoms with Gasteiger partial charge in [0.2, 0.25) is 5.91 Å². The molecule has 2 amide bonds. The van der Waals surface area contributed by atoms with E-state index in [1.54, 1.807) is 48.5 Å².